The van der Waals surface area contributed by atoms with Gasteiger partial charge in [0.15, 0.2) is 5.96 Å². The molecular formula is C21H36IN5O. The fourth-order valence-corrected chi connectivity index (χ4v) is 4.18. The second kappa shape index (κ2) is 11.8. The largest absolute Gasteiger partial charge is 0.379 e. The quantitative estimate of drug-likeness (QED) is 0.369. The highest BCUT2D eigenvalue weighted by molar-refractivity contribution is 14.0. The van der Waals surface area contributed by atoms with Gasteiger partial charge in [-0.1, -0.05) is 18.2 Å². The van der Waals surface area contributed by atoms with Crippen molar-refractivity contribution in [1.29, 1.82) is 0 Å². The Morgan fingerprint density at radius 3 is 2.68 bits per heavy atom. The zero-order chi connectivity index (χ0) is 19.1. The van der Waals surface area contributed by atoms with Crippen LogP contribution in [0.2, 0.25) is 0 Å². The van der Waals surface area contributed by atoms with Crippen molar-refractivity contribution in [3.8, 4) is 0 Å². The molecule has 0 amide bonds. The highest BCUT2D eigenvalue weighted by atomic mass is 127. The topological polar surface area (TPSA) is 43.3 Å². The van der Waals surface area contributed by atoms with Gasteiger partial charge in [0, 0.05) is 64.6 Å². The van der Waals surface area contributed by atoms with Crippen molar-refractivity contribution in [3.63, 3.8) is 0 Å². The number of nitrogens with one attached hydrogen (secondary N) is 1. The number of ether oxygens (including phenoxy) is 1. The number of halogens is 1. The second-order valence-electron chi connectivity index (χ2n) is 7.38. The van der Waals surface area contributed by atoms with Gasteiger partial charge >= 0.3 is 0 Å². The molecule has 2 saturated heterocycles. The van der Waals surface area contributed by atoms with Gasteiger partial charge in [-0.05, 0) is 31.9 Å². The molecule has 0 radical (unpaired) electrons. The van der Waals surface area contributed by atoms with E-state index in [1.807, 2.05) is 7.05 Å². The molecule has 0 saturated carbocycles. The van der Waals surface area contributed by atoms with Crippen LogP contribution in [0, 0.1) is 6.92 Å². The third kappa shape index (κ3) is 5.97. The van der Waals surface area contributed by atoms with Gasteiger partial charge in [0.25, 0.3) is 0 Å². The third-order valence-corrected chi connectivity index (χ3v) is 5.74. The molecule has 1 N–H and O–H groups in total. The van der Waals surface area contributed by atoms with E-state index >= 15 is 0 Å². The molecule has 1 atom stereocenters. The van der Waals surface area contributed by atoms with Gasteiger partial charge in [-0.15, -0.1) is 24.0 Å². The maximum Gasteiger partial charge on any atom is 0.193 e. The number of hydrogen-bond acceptors (Lipinski definition) is 4. The van der Waals surface area contributed by atoms with E-state index in [1.54, 1.807) is 0 Å². The number of aliphatic imine (C=N–C) groups is 1. The van der Waals surface area contributed by atoms with Crippen LogP contribution in [0.15, 0.2) is 29.3 Å². The first-order chi connectivity index (χ1) is 13.2. The van der Waals surface area contributed by atoms with E-state index in [0.717, 1.165) is 65.0 Å². The van der Waals surface area contributed by atoms with Crippen molar-refractivity contribution in [2.75, 3.05) is 71.0 Å². The summed E-state index contributed by atoms with van der Waals surface area (Å²) in [5.41, 5.74) is 2.65. The van der Waals surface area contributed by atoms with Crippen molar-refractivity contribution >= 4 is 35.6 Å². The number of benzene rings is 1. The molecule has 0 aromatic heterocycles. The molecule has 1 aromatic carbocycles. The van der Waals surface area contributed by atoms with Gasteiger partial charge in [-0.25, -0.2) is 0 Å². The van der Waals surface area contributed by atoms with Crippen LogP contribution < -0.4 is 10.2 Å². The smallest absolute Gasteiger partial charge is 0.193 e. The summed E-state index contributed by atoms with van der Waals surface area (Å²) in [6, 6.07) is 9.24. The first kappa shape index (κ1) is 23.2. The number of morpholine rings is 1. The van der Waals surface area contributed by atoms with E-state index in [-0.39, 0.29) is 24.0 Å². The first-order valence-corrected chi connectivity index (χ1v) is 10.3. The van der Waals surface area contributed by atoms with Crippen LogP contribution in [0.4, 0.5) is 5.69 Å². The molecule has 2 aliphatic heterocycles. The van der Waals surface area contributed by atoms with Crippen LogP contribution in [-0.4, -0.2) is 87.9 Å². The number of para-hydroxylation sites is 1. The van der Waals surface area contributed by atoms with Gasteiger partial charge < -0.3 is 19.9 Å². The monoisotopic (exact) mass is 501 g/mol. The molecule has 158 valence electrons. The Labute approximate surface area is 187 Å². The number of hydrogen-bond donors (Lipinski definition) is 1. The highest BCUT2D eigenvalue weighted by Gasteiger charge is 2.30. The molecule has 0 bridgehead atoms. The second-order valence-corrected chi connectivity index (χ2v) is 7.38. The summed E-state index contributed by atoms with van der Waals surface area (Å²) in [5.74, 6) is 1.03. The lowest BCUT2D eigenvalue weighted by atomic mass is 10.2. The maximum atomic E-state index is 5.49. The molecule has 1 aromatic rings. The number of anilines is 1. The molecule has 28 heavy (non-hydrogen) atoms. The molecule has 0 aliphatic carbocycles. The fraction of sp³-hybridized carbons (Fsp3) is 0.667. The molecule has 0 spiro atoms. The number of guanidine groups is 1. The number of likely N-dealkylation sites (N-methyl/N-ethyl adjacent to an activating group) is 1. The van der Waals surface area contributed by atoms with E-state index in [0.29, 0.717) is 6.04 Å². The molecule has 2 heterocycles. The third-order valence-electron chi connectivity index (χ3n) is 5.74. The molecular weight excluding hydrogens is 465 g/mol. The molecule has 6 nitrogen and oxygen atoms in total. The van der Waals surface area contributed by atoms with Crippen molar-refractivity contribution in [2.45, 2.75) is 26.3 Å². The maximum absolute atomic E-state index is 5.49. The lowest BCUT2D eigenvalue weighted by molar-refractivity contribution is 0.0195. The van der Waals surface area contributed by atoms with Crippen LogP contribution in [0.5, 0.6) is 0 Å². The number of aryl methyl sites for hydroxylation is 1. The van der Waals surface area contributed by atoms with Gasteiger partial charge in [0.2, 0.25) is 0 Å². The van der Waals surface area contributed by atoms with Crippen LogP contribution in [0.3, 0.4) is 0 Å². The highest BCUT2D eigenvalue weighted by Crippen LogP contribution is 2.19. The summed E-state index contributed by atoms with van der Waals surface area (Å²) in [4.78, 5) is 11.9. The Hall–Kier alpha value is -1.06. The zero-order valence-corrected chi connectivity index (χ0v) is 19.9. The summed E-state index contributed by atoms with van der Waals surface area (Å²) in [5, 5.41) is 3.58. The van der Waals surface area contributed by atoms with Gasteiger partial charge in [0.05, 0.1) is 13.2 Å². The lowest BCUT2D eigenvalue weighted by Crippen LogP contribution is -2.47. The Kier molecular flexibility index (Phi) is 9.81. The van der Waals surface area contributed by atoms with E-state index in [9.17, 15) is 0 Å². The standard InChI is InChI=1S/C21H35N5O.HI/c1-4-24(20-8-6-5-7-18(20)2)12-10-23-21(22-3)26-11-9-19(17-26)25-13-15-27-16-14-25;/h5-8,19H,4,9-17H2,1-3H3,(H,22,23);1H. The van der Waals surface area contributed by atoms with Crippen LogP contribution >= 0.6 is 24.0 Å². The van der Waals surface area contributed by atoms with Crippen molar-refractivity contribution in [3.05, 3.63) is 29.8 Å². The van der Waals surface area contributed by atoms with Gasteiger partial charge in [-0.2, -0.15) is 0 Å². The first-order valence-electron chi connectivity index (χ1n) is 10.3. The van der Waals surface area contributed by atoms with Crippen LogP contribution in [0.1, 0.15) is 18.9 Å². The molecule has 7 heteroatoms. The van der Waals surface area contributed by atoms with E-state index in [2.05, 4.69) is 63.1 Å². The normalized spacial score (nSPS) is 20.8. The average Bonchev–Trinajstić information content (AvgIpc) is 3.20. The average molecular weight is 501 g/mol. The summed E-state index contributed by atoms with van der Waals surface area (Å²) in [6.45, 7) is 13.3. The van der Waals surface area contributed by atoms with Crippen molar-refractivity contribution in [1.82, 2.24) is 15.1 Å². The van der Waals surface area contributed by atoms with Crippen molar-refractivity contribution in [2.24, 2.45) is 4.99 Å². The summed E-state index contributed by atoms with van der Waals surface area (Å²) < 4.78 is 5.49. The van der Waals surface area contributed by atoms with Crippen molar-refractivity contribution < 1.29 is 4.74 Å². The predicted molar refractivity (Wildman–Crippen MR) is 128 cm³/mol. The van der Waals surface area contributed by atoms with E-state index in [1.165, 1.54) is 17.7 Å². The molecule has 2 fully saturated rings. The summed E-state index contributed by atoms with van der Waals surface area (Å²) in [7, 11) is 1.89. The number of rotatable bonds is 6. The lowest BCUT2D eigenvalue weighted by Gasteiger charge is -2.32. The minimum atomic E-state index is 0. The minimum Gasteiger partial charge on any atom is -0.379 e. The van der Waals surface area contributed by atoms with Gasteiger partial charge in [0.1, 0.15) is 0 Å². The predicted octanol–water partition coefficient (Wildman–Crippen LogP) is 2.42. The SMILES string of the molecule is CCN(CCNC(=NC)N1CCC(N2CCOCC2)C1)c1ccccc1C.I. The molecule has 1 unspecified atom stereocenters. The minimum absolute atomic E-state index is 0. The Balaban J connectivity index is 0.00000280. The molecule has 2 aliphatic rings. The number of likely N-dealkylation sites (tertiary alicyclic amines) is 1. The van der Waals surface area contributed by atoms with Crippen LogP contribution in [-0.2, 0) is 4.74 Å². The van der Waals surface area contributed by atoms with E-state index in [4.69, 9.17) is 4.74 Å². The van der Waals surface area contributed by atoms with Crippen LogP contribution in [0.25, 0.3) is 0 Å². The molecule has 3 rings (SSSR count). The van der Waals surface area contributed by atoms with Gasteiger partial charge in [-0.3, -0.25) is 9.89 Å². The Bertz CT molecular complexity index is 621. The summed E-state index contributed by atoms with van der Waals surface area (Å²) >= 11 is 0. The van der Waals surface area contributed by atoms with E-state index < -0.39 is 0 Å². The fourth-order valence-electron chi connectivity index (χ4n) is 4.18. The number of nitrogens with zero attached hydrogens (tertiary/aromatic N) is 4. The zero-order valence-electron chi connectivity index (χ0n) is 17.6. The summed E-state index contributed by atoms with van der Waals surface area (Å²) in [6.07, 6.45) is 1.21. The Morgan fingerprint density at radius 1 is 1.25 bits per heavy atom. The Morgan fingerprint density at radius 2 is 2.00 bits per heavy atom.